The highest BCUT2D eigenvalue weighted by Gasteiger charge is 2.52. The zero-order valence-corrected chi connectivity index (χ0v) is 34.6. The van der Waals surface area contributed by atoms with Crippen LogP contribution in [0.25, 0.3) is 28.4 Å². The quantitative estimate of drug-likeness (QED) is 0.0368. The van der Waals surface area contributed by atoms with E-state index in [0.717, 1.165) is 12.1 Å². The lowest BCUT2D eigenvalue weighted by molar-refractivity contribution is -0.358. The topological polar surface area (TPSA) is 365 Å². The molecule has 66 heavy (non-hydrogen) atoms. The third-order valence-corrected chi connectivity index (χ3v) is 11.1. The number of hydrogen-bond donors (Lipinski definition) is 13. The molecular weight excluding hydrogens is 884 g/mol. The van der Waals surface area contributed by atoms with Gasteiger partial charge in [0, 0.05) is 18.2 Å². The molecular formula is C43H49O23+. The van der Waals surface area contributed by atoms with Crippen molar-refractivity contribution in [3.05, 3.63) is 72.3 Å². The smallest absolute Gasteiger partial charge is 0.402 e. The number of aliphatic hydroxyl groups is 10. The highest BCUT2D eigenvalue weighted by atomic mass is 16.8. The van der Waals surface area contributed by atoms with Crippen molar-refractivity contribution in [2.75, 3.05) is 26.9 Å². The lowest BCUT2D eigenvalue weighted by atomic mass is 9.97. The Hall–Kier alpha value is -5.48. The van der Waals surface area contributed by atoms with E-state index in [1.807, 2.05) is 0 Å². The number of aromatic hydroxyl groups is 3. The number of esters is 1. The fourth-order valence-corrected chi connectivity index (χ4v) is 7.38. The van der Waals surface area contributed by atoms with Gasteiger partial charge < -0.3 is 104 Å². The van der Waals surface area contributed by atoms with Crippen LogP contribution in [0.4, 0.5) is 0 Å². The summed E-state index contributed by atoms with van der Waals surface area (Å²) < 4.78 is 51.6. The largest absolute Gasteiger partial charge is 0.508 e. The van der Waals surface area contributed by atoms with Crippen molar-refractivity contribution in [3.8, 4) is 45.8 Å². The van der Waals surface area contributed by atoms with Crippen LogP contribution in [-0.4, -0.2) is 191 Å². The fraction of sp³-hybridized carbons (Fsp3) is 0.442. The Morgan fingerprint density at radius 3 is 1.91 bits per heavy atom. The SMILES string of the molecule is COc1cc(/C=C/C(=O)OC[C@@H]2O[C@@H](O[C@H]3[C@H](Oc4cc5c(O[C@@H]6O[C@@H](CO)[C@@H](O)[C@@H](O)[C@H]6O)cc(O)cc5[o+]c4-c4ccc(O)cc4)O[C@@H](CO)[C@@H](O)[C@H]3O)[C@@H](O)[C@@H](O)[C@@H]2O)ccc1O. The van der Waals surface area contributed by atoms with Gasteiger partial charge in [0.15, 0.2) is 23.9 Å². The average molecular weight is 934 g/mol. The van der Waals surface area contributed by atoms with Gasteiger partial charge >= 0.3 is 17.3 Å². The Kier molecular flexibility index (Phi) is 15.1. The minimum Gasteiger partial charge on any atom is -0.508 e. The van der Waals surface area contributed by atoms with Crippen LogP contribution in [0.15, 0.2) is 71.2 Å². The normalized spacial score (nSPS) is 32.6. The van der Waals surface area contributed by atoms with Crippen LogP contribution in [0, 0.1) is 0 Å². The van der Waals surface area contributed by atoms with Gasteiger partial charge in [-0.25, -0.2) is 9.21 Å². The Balaban J connectivity index is 1.18. The molecule has 13 N–H and O–H groups in total. The number of aliphatic hydroxyl groups excluding tert-OH is 10. The molecule has 4 heterocycles. The maximum Gasteiger partial charge on any atom is 0.402 e. The number of methoxy groups -OCH3 is 1. The summed E-state index contributed by atoms with van der Waals surface area (Å²) in [4.78, 5) is 12.6. The minimum absolute atomic E-state index is 0.0203. The number of carbonyl (C=O) groups is 1. The molecule has 23 heteroatoms. The Morgan fingerprint density at radius 1 is 0.636 bits per heavy atom. The summed E-state index contributed by atoms with van der Waals surface area (Å²) in [6, 6.07) is 13.2. The molecule has 15 atom stereocenters. The molecule has 23 nitrogen and oxygen atoms in total. The molecule has 0 unspecified atom stereocenters. The van der Waals surface area contributed by atoms with Crippen LogP contribution in [0.3, 0.4) is 0 Å². The molecule has 1 aromatic heterocycles. The van der Waals surface area contributed by atoms with E-state index in [9.17, 15) is 71.2 Å². The van der Waals surface area contributed by atoms with Crippen LogP contribution >= 0.6 is 0 Å². The molecule has 0 saturated carbocycles. The van der Waals surface area contributed by atoms with Gasteiger partial charge in [-0.15, -0.1) is 0 Å². The fourth-order valence-electron chi connectivity index (χ4n) is 7.38. The highest BCUT2D eigenvalue weighted by Crippen LogP contribution is 2.43. The molecule has 3 aliphatic heterocycles. The second-order valence-electron chi connectivity index (χ2n) is 15.5. The standard InChI is InChI=1S/C43H48O23/c1-58-25-10-17(2-8-22(25)48)3-9-30(49)59-16-29-33(52)35(54)38(57)42(65-29)66-40-36(55)32(51)28(15-45)64-43(40)62-26-13-21-23(60-39(26)18-4-6-19(46)7-5-18)11-20(47)12-24(21)61-41-37(56)34(53)31(50)27(14-44)63-41/h2-13,27-29,31-38,40-45,50-57H,14-16H2,1H3,(H2-,46,47,48,49)/p+1/t27-,28-,29-,31+,32+,33+,34+,35-,36+,37+,38-,40+,41+,42-,43+/m0/s1. The van der Waals surface area contributed by atoms with Gasteiger partial charge in [0.25, 0.3) is 0 Å². The first-order valence-electron chi connectivity index (χ1n) is 20.3. The van der Waals surface area contributed by atoms with Gasteiger partial charge in [-0.3, -0.25) is 0 Å². The molecule has 0 amide bonds. The highest BCUT2D eigenvalue weighted by molar-refractivity contribution is 5.89. The number of fused-ring (bicyclic) bond motifs is 1. The molecule has 3 saturated heterocycles. The van der Waals surface area contributed by atoms with Crippen LogP contribution in [0.5, 0.6) is 34.5 Å². The van der Waals surface area contributed by atoms with E-state index in [0.29, 0.717) is 5.56 Å². The van der Waals surface area contributed by atoms with Crippen molar-refractivity contribution in [2.45, 2.75) is 92.1 Å². The van der Waals surface area contributed by atoms with E-state index in [-0.39, 0.29) is 51.0 Å². The Bertz CT molecular complexity index is 2330. The first kappa shape index (κ1) is 48.5. The number of benzene rings is 3. The van der Waals surface area contributed by atoms with E-state index in [4.69, 9.17) is 42.3 Å². The molecule has 3 aromatic carbocycles. The van der Waals surface area contributed by atoms with Crippen molar-refractivity contribution in [2.24, 2.45) is 0 Å². The Morgan fingerprint density at radius 2 is 1.24 bits per heavy atom. The van der Waals surface area contributed by atoms with Gasteiger partial charge in [0.2, 0.25) is 18.3 Å². The predicted octanol–water partition coefficient (Wildman–Crippen LogP) is -2.05. The maximum absolute atomic E-state index is 12.6. The predicted molar refractivity (Wildman–Crippen MR) is 218 cm³/mol. The molecule has 0 spiro atoms. The zero-order chi connectivity index (χ0) is 47.6. The molecule has 0 radical (unpaired) electrons. The third kappa shape index (κ3) is 10.2. The van der Waals surface area contributed by atoms with Gasteiger partial charge in [-0.2, -0.15) is 0 Å². The molecule has 0 aliphatic carbocycles. The summed E-state index contributed by atoms with van der Waals surface area (Å²) >= 11 is 0. The number of phenols is 3. The first-order valence-corrected chi connectivity index (χ1v) is 20.3. The van der Waals surface area contributed by atoms with Crippen molar-refractivity contribution < 1.29 is 113 Å². The zero-order valence-electron chi connectivity index (χ0n) is 34.6. The number of ether oxygens (including phenoxy) is 8. The summed E-state index contributed by atoms with van der Waals surface area (Å²) in [5, 5.41) is 137. The summed E-state index contributed by atoms with van der Waals surface area (Å²) in [6.07, 6.45) is -24.7. The molecule has 7 rings (SSSR count). The van der Waals surface area contributed by atoms with E-state index in [1.165, 1.54) is 67.8 Å². The summed E-state index contributed by atoms with van der Waals surface area (Å²) in [6.45, 7) is -2.35. The van der Waals surface area contributed by atoms with E-state index in [1.54, 1.807) is 0 Å². The molecule has 358 valence electrons. The van der Waals surface area contributed by atoms with Crippen molar-refractivity contribution in [3.63, 3.8) is 0 Å². The minimum atomic E-state index is -2.05. The van der Waals surface area contributed by atoms with Crippen LogP contribution in [0.1, 0.15) is 5.56 Å². The van der Waals surface area contributed by atoms with Gasteiger partial charge in [0.05, 0.1) is 32.0 Å². The van der Waals surface area contributed by atoms with Gasteiger partial charge in [-0.1, -0.05) is 6.07 Å². The number of rotatable bonds is 14. The summed E-state index contributed by atoms with van der Waals surface area (Å²) in [7, 11) is 1.34. The average Bonchev–Trinajstić information content (AvgIpc) is 3.30. The molecule has 3 fully saturated rings. The van der Waals surface area contributed by atoms with E-state index < -0.39 is 124 Å². The van der Waals surface area contributed by atoms with Gasteiger partial charge in [0.1, 0.15) is 96.4 Å². The second kappa shape index (κ2) is 20.6. The number of hydrogen-bond acceptors (Lipinski definition) is 22. The lowest BCUT2D eigenvalue weighted by Gasteiger charge is -2.45. The van der Waals surface area contributed by atoms with Crippen LogP contribution in [-0.2, 0) is 28.5 Å². The third-order valence-electron chi connectivity index (χ3n) is 11.1. The monoisotopic (exact) mass is 933 g/mol. The summed E-state index contributed by atoms with van der Waals surface area (Å²) in [5.41, 5.74) is 0.585. The lowest BCUT2D eigenvalue weighted by Crippen LogP contribution is -2.65. The summed E-state index contributed by atoms with van der Waals surface area (Å²) in [5.74, 6) is -2.17. The number of phenolic OH excluding ortho intramolecular Hbond substituents is 3. The second-order valence-corrected chi connectivity index (χ2v) is 15.5. The van der Waals surface area contributed by atoms with Crippen molar-refractivity contribution >= 4 is 23.0 Å². The maximum atomic E-state index is 12.6. The molecule has 3 aliphatic rings. The van der Waals surface area contributed by atoms with Crippen LogP contribution < -0.4 is 14.2 Å². The molecule has 0 bridgehead atoms. The van der Waals surface area contributed by atoms with Crippen molar-refractivity contribution in [1.82, 2.24) is 0 Å². The van der Waals surface area contributed by atoms with Crippen molar-refractivity contribution in [1.29, 1.82) is 0 Å². The number of carbonyl (C=O) groups excluding carboxylic acids is 1. The first-order chi connectivity index (χ1) is 31.5. The molecule has 4 aromatic rings. The Labute approximate surface area is 373 Å². The van der Waals surface area contributed by atoms with E-state index in [2.05, 4.69) is 0 Å². The van der Waals surface area contributed by atoms with E-state index >= 15 is 0 Å². The van der Waals surface area contributed by atoms with Crippen LogP contribution in [0.2, 0.25) is 0 Å². The van der Waals surface area contributed by atoms with Gasteiger partial charge in [-0.05, 0) is 48.0 Å².